The predicted octanol–water partition coefficient (Wildman–Crippen LogP) is 2.23. The zero-order valence-corrected chi connectivity index (χ0v) is 10.2. The Kier molecular flexibility index (Phi) is 8.21. The summed E-state index contributed by atoms with van der Waals surface area (Å²) >= 11 is 0. The van der Waals surface area contributed by atoms with Crippen LogP contribution in [0.1, 0.15) is 40.0 Å². The number of carbonyl (C=O) groups is 2. The molecule has 0 spiro atoms. The number of hydrogen-bond acceptors (Lipinski definition) is 4. The molecule has 0 heterocycles. The maximum absolute atomic E-state index is 11.3. The van der Waals surface area contributed by atoms with Crippen LogP contribution in [-0.2, 0) is 19.1 Å². The summed E-state index contributed by atoms with van der Waals surface area (Å²) in [5, 5.41) is 0. The highest BCUT2D eigenvalue weighted by molar-refractivity contribution is 5.79. The normalized spacial score (nSPS) is 12.4. The summed E-state index contributed by atoms with van der Waals surface area (Å²) in [6.07, 6.45) is 4.98. The van der Waals surface area contributed by atoms with Gasteiger partial charge in [0.25, 0.3) is 0 Å². The van der Waals surface area contributed by atoms with E-state index in [9.17, 15) is 9.59 Å². The van der Waals surface area contributed by atoms with Crippen molar-refractivity contribution >= 4 is 11.9 Å². The molecular formula is C12H20O4. The number of ether oxygens (including phenoxy) is 2. The van der Waals surface area contributed by atoms with Crippen LogP contribution in [0.5, 0.6) is 0 Å². The fourth-order valence-electron chi connectivity index (χ4n) is 1.05. The Morgan fingerprint density at radius 3 is 2.50 bits per heavy atom. The second kappa shape index (κ2) is 8.95. The fourth-order valence-corrected chi connectivity index (χ4v) is 1.05. The third-order valence-electron chi connectivity index (χ3n) is 1.84. The molecule has 0 bridgehead atoms. The largest absolute Gasteiger partial charge is 0.463 e. The van der Waals surface area contributed by atoms with Crippen molar-refractivity contribution in [2.45, 2.75) is 46.1 Å². The first-order chi connectivity index (χ1) is 7.61. The molecule has 92 valence electrons. The van der Waals surface area contributed by atoms with Crippen LogP contribution < -0.4 is 0 Å². The number of rotatable bonds is 7. The molecule has 0 amide bonds. The summed E-state index contributed by atoms with van der Waals surface area (Å²) in [5.74, 6) is -0.874. The Morgan fingerprint density at radius 2 is 1.94 bits per heavy atom. The number of allylic oxidation sites excluding steroid dienone is 2. The maximum atomic E-state index is 11.3. The Balaban J connectivity index is 3.77. The van der Waals surface area contributed by atoms with Crippen LogP contribution >= 0.6 is 0 Å². The zero-order valence-electron chi connectivity index (χ0n) is 10.2. The highest BCUT2D eigenvalue weighted by atomic mass is 16.6. The molecule has 4 heteroatoms. The van der Waals surface area contributed by atoms with Crippen molar-refractivity contribution in [3.05, 3.63) is 12.2 Å². The molecule has 1 unspecified atom stereocenters. The van der Waals surface area contributed by atoms with E-state index >= 15 is 0 Å². The van der Waals surface area contributed by atoms with Crippen molar-refractivity contribution in [3.8, 4) is 0 Å². The second-order valence-electron chi connectivity index (χ2n) is 3.30. The molecule has 0 aliphatic rings. The molecule has 1 atom stereocenters. The summed E-state index contributed by atoms with van der Waals surface area (Å²) in [7, 11) is 0. The van der Waals surface area contributed by atoms with Gasteiger partial charge in [0, 0.05) is 6.42 Å². The summed E-state index contributed by atoms with van der Waals surface area (Å²) in [6, 6.07) is 0. The van der Waals surface area contributed by atoms with Gasteiger partial charge < -0.3 is 9.47 Å². The molecule has 0 aromatic rings. The van der Waals surface area contributed by atoms with E-state index in [2.05, 4.69) is 0 Å². The quantitative estimate of drug-likeness (QED) is 0.495. The molecule has 0 aliphatic carbocycles. The van der Waals surface area contributed by atoms with Crippen molar-refractivity contribution in [2.75, 3.05) is 6.61 Å². The smallest absolute Gasteiger partial charge is 0.347 e. The SMILES string of the molecule is CC/C=C\CCC(=O)OC(C)C(=O)OCC. The van der Waals surface area contributed by atoms with Gasteiger partial charge in [0.05, 0.1) is 6.61 Å². The van der Waals surface area contributed by atoms with Crippen LogP contribution in [0, 0.1) is 0 Å². The zero-order chi connectivity index (χ0) is 12.4. The standard InChI is InChI=1S/C12H20O4/c1-4-6-7-8-9-11(13)16-10(3)12(14)15-5-2/h6-7,10H,4-5,8-9H2,1-3H3/b7-6-. The molecule has 16 heavy (non-hydrogen) atoms. The molecule has 0 saturated heterocycles. The van der Waals surface area contributed by atoms with Crippen LogP contribution in [0.2, 0.25) is 0 Å². The second-order valence-corrected chi connectivity index (χ2v) is 3.30. The first-order valence-corrected chi connectivity index (χ1v) is 5.62. The van der Waals surface area contributed by atoms with Gasteiger partial charge >= 0.3 is 11.9 Å². The third kappa shape index (κ3) is 7.04. The van der Waals surface area contributed by atoms with E-state index in [0.29, 0.717) is 19.4 Å². The van der Waals surface area contributed by atoms with Crippen LogP contribution in [0.15, 0.2) is 12.2 Å². The summed E-state index contributed by atoms with van der Waals surface area (Å²) in [4.78, 5) is 22.4. The lowest BCUT2D eigenvalue weighted by atomic mass is 10.2. The van der Waals surface area contributed by atoms with E-state index in [4.69, 9.17) is 9.47 Å². The van der Waals surface area contributed by atoms with Gasteiger partial charge in [-0.15, -0.1) is 0 Å². The monoisotopic (exact) mass is 228 g/mol. The molecule has 0 rings (SSSR count). The van der Waals surface area contributed by atoms with Gasteiger partial charge in [0.1, 0.15) is 0 Å². The molecule has 0 aromatic heterocycles. The van der Waals surface area contributed by atoms with Gasteiger partial charge in [0.2, 0.25) is 0 Å². The van der Waals surface area contributed by atoms with Crippen molar-refractivity contribution in [2.24, 2.45) is 0 Å². The number of carbonyl (C=O) groups excluding carboxylic acids is 2. The van der Waals surface area contributed by atoms with Crippen molar-refractivity contribution in [1.29, 1.82) is 0 Å². The van der Waals surface area contributed by atoms with Gasteiger partial charge in [-0.2, -0.15) is 0 Å². The molecule has 0 N–H and O–H groups in total. The average molecular weight is 228 g/mol. The number of esters is 2. The topological polar surface area (TPSA) is 52.6 Å². The van der Waals surface area contributed by atoms with E-state index in [1.165, 1.54) is 6.92 Å². The minimum Gasteiger partial charge on any atom is -0.463 e. The Morgan fingerprint density at radius 1 is 1.25 bits per heavy atom. The van der Waals surface area contributed by atoms with E-state index in [1.807, 2.05) is 19.1 Å². The van der Waals surface area contributed by atoms with E-state index in [-0.39, 0.29) is 5.97 Å². The van der Waals surface area contributed by atoms with E-state index in [0.717, 1.165) is 6.42 Å². The molecule has 0 aliphatic heterocycles. The Bertz CT molecular complexity index is 245. The van der Waals surface area contributed by atoms with Gasteiger partial charge in [-0.05, 0) is 26.7 Å². The predicted molar refractivity (Wildman–Crippen MR) is 60.9 cm³/mol. The first-order valence-electron chi connectivity index (χ1n) is 5.62. The van der Waals surface area contributed by atoms with Crippen LogP contribution in [0.4, 0.5) is 0 Å². The van der Waals surface area contributed by atoms with E-state index < -0.39 is 12.1 Å². The first kappa shape index (κ1) is 14.7. The van der Waals surface area contributed by atoms with Gasteiger partial charge in [-0.1, -0.05) is 19.1 Å². The molecule has 4 nitrogen and oxygen atoms in total. The van der Waals surface area contributed by atoms with Crippen molar-refractivity contribution < 1.29 is 19.1 Å². The molecular weight excluding hydrogens is 208 g/mol. The minimum atomic E-state index is -0.817. The molecule has 0 radical (unpaired) electrons. The van der Waals surface area contributed by atoms with Crippen LogP contribution in [0.25, 0.3) is 0 Å². The highest BCUT2D eigenvalue weighted by Gasteiger charge is 2.17. The lowest BCUT2D eigenvalue weighted by Crippen LogP contribution is -2.26. The lowest BCUT2D eigenvalue weighted by molar-refractivity contribution is -0.166. The Hall–Kier alpha value is -1.32. The molecule has 0 fully saturated rings. The van der Waals surface area contributed by atoms with Crippen molar-refractivity contribution in [1.82, 2.24) is 0 Å². The summed E-state index contributed by atoms with van der Waals surface area (Å²) in [6.45, 7) is 5.54. The Labute approximate surface area is 96.6 Å². The minimum absolute atomic E-state index is 0.292. The molecule has 0 saturated carbocycles. The van der Waals surface area contributed by atoms with Crippen LogP contribution in [-0.4, -0.2) is 24.6 Å². The summed E-state index contributed by atoms with van der Waals surface area (Å²) < 4.78 is 9.61. The summed E-state index contributed by atoms with van der Waals surface area (Å²) in [5.41, 5.74) is 0. The fraction of sp³-hybridized carbons (Fsp3) is 0.667. The van der Waals surface area contributed by atoms with E-state index in [1.54, 1.807) is 6.92 Å². The van der Waals surface area contributed by atoms with Gasteiger partial charge in [0.15, 0.2) is 6.10 Å². The third-order valence-corrected chi connectivity index (χ3v) is 1.84. The van der Waals surface area contributed by atoms with Gasteiger partial charge in [-0.25, -0.2) is 4.79 Å². The van der Waals surface area contributed by atoms with Crippen molar-refractivity contribution in [3.63, 3.8) is 0 Å². The highest BCUT2D eigenvalue weighted by Crippen LogP contribution is 2.01. The lowest BCUT2D eigenvalue weighted by Gasteiger charge is -2.11. The van der Waals surface area contributed by atoms with Crippen LogP contribution in [0.3, 0.4) is 0 Å². The average Bonchev–Trinajstić information content (AvgIpc) is 2.24. The number of hydrogen-bond donors (Lipinski definition) is 0. The molecule has 0 aromatic carbocycles. The maximum Gasteiger partial charge on any atom is 0.347 e. The van der Waals surface area contributed by atoms with Gasteiger partial charge in [-0.3, -0.25) is 4.79 Å².